The van der Waals surface area contributed by atoms with E-state index >= 15 is 0 Å². The van der Waals surface area contributed by atoms with E-state index in [4.69, 9.17) is 4.74 Å². The Balaban J connectivity index is 1.26. The van der Waals surface area contributed by atoms with E-state index in [0.717, 1.165) is 25.4 Å². The molecule has 0 bridgehead atoms. The molecular formula is C27H30N4O2. The van der Waals surface area contributed by atoms with Gasteiger partial charge in [-0.25, -0.2) is 0 Å². The molecule has 6 heteroatoms. The molecule has 33 heavy (non-hydrogen) atoms. The first-order valence-corrected chi connectivity index (χ1v) is 11.6. The molecule has 6 nitrogen and oxygen atoms in total. The molecule has 5 rings (SSSR count). The van der Waals surface area contributed by atoms with Crippen molar-refractivity contribution in [3.05, 3.63) is 83.7 Å². The van der Waals surface area contributed by atoms with Gasteiger partial charge in [0.1, 0.15) is 12.4 Å². The monoisotopic (exact) mass is 442 g/mol. The number of hydrogen-bond donors (Lipinski definition) is 0. The second-order valence-electron chi connectivity index (χ2n) is 8.96. The highest BCUT2D eigenvalue weighted by atomic mass is 16.5. The van der Waals surface area contributed by atoms with Crippen LogP contribution in [0.1, 0.15) is 27.5 Å². The summed E-state index contributed by atoms with van der Waals surface area (Å²) in [6.07, 6.45) is 3.87. The van der Waals surface area contributed by atoms with Crippen molar-refractivity contribution >= 4 is 5.91 Å². The van der Waals surface area contributed by atoms with E-state index in [1.54, 1.807) is 0 Å². The number of amides is 1. The smallest absolute Gasteiger partial charge is 0.254 e. The predicted molar refractivity (Wildman–Crippen MR) is 129 cm³/mol. The SMILES string of the molecule is CN(C)CCOc1cccc(C(=O)N2CCN(C3c4ccccc4-c4ccncc43)CC2)c1. The number of piperazine rings is 1. The normalized spacial score (nSPS) is 17.7. The number of rotatable bonds is 6. The Morgan fingerprint density at radius 2 is 1.79 bits per heavy atom. The topological polar surface area (TPSA) is 48.9 Å². The number of hydrogen-bond acceptors (Lipinski definition) is 5. The third kappa shape index (κ3) is 4.36. The van der Waals surface area contributed by atoms with E-state index in [0.29, 0.717) is 25.3 Å². The first-order valence-electron chi connectivity index (χ1n) is 11.6. The third-order valence-electron chi connectivity index (χ3n) is 6.55. The summed E-state index contributed by atoms with van der Waals surface area (Å²) < 4.78 is 5.82. The van der Waals surface area contributed by atoms with Crippen LogP contribution in [0.25, 0.3) is 11.1 Å². The summed E-state index contributed by atoms with van der Waals surface area (Å²) in [5.74, 6) is 0.814. The number of fused-ring (bicyclic) bond motifs is 3. The number of ether oxygens (including phenoxy) is 1. The van der Waals surface area contributed by atoms with Crippen molar-refractivity contribution in [1.29, 1.82) is 0 Å². The molecular weight excluding hydrogens is 412 g/mol. The van der Waals surface area contributed by atoms with Gasteiger partial charge in [-0.3, -0.25) is 14.7 Å². The number of pyridine rings is 1. The van der Waals surface area contributed by atoms with Crippen LogP contribution < -0.4 is 4.74 Å². The van der Waals surface area contributed by atoms with Crippen LogP contribution in [0.15, 0.2) is 67.0 Å². The van der Waals surface area contributed by atoms with Crippen LogP contribution in [0.3, 0.4) is 0 Å². The Hall–Kier alpha value is -3.22. The molecule has 0 saturated carbocycles. The molecule has 0 N–H and O–H groups in total. The van der Waals surface area contributed by atoms with Crippen LogP contribution in [0.4, 0.5) is 0 Å². The fourth-order valence-electron chi connectivity index (χ4n) is 4.84. The lowest BCUT2D eigenvalue weighted by atomic mass is 10.0. The highest BCUT2D eigenvalue weighted by molar-refractivity contribution is 5.94. The van der Waals surface area contributed by atoms with Gasteiger partial charge in [-0.1, -0.05) is 30.3 Å². The maximum atomic E-state index is 13.2. The molecule has 1 aliphatic carbocycles. The van der Waals surface area contributed by atoms with Gasteiger partial charge in [-0.2, -0.15) is 0 Å². The molecule has 170 valence electrons. The molecule has 1 saturated heterocycles. The fraction of sp³-hybridized carbons (Fsp3) is 0.333. The van der Waals surface area contributed by atoms with Gasteiger partial charge in [0.2, 0.25) is 0 Å². The zero-order valence-corrected chi connectivity index (χ0v) is 19.3. The van der Waals surface area contributed by atoms with Gasteiger partial charge in [-0.05, 0) is 60.6 Å². The first kappa shape index (κ1) is 21.6. The van der Waals surface area contributed by atoms with Crippen LogP contribution in [0, 0.1) is 0 Å². The number of benzene rings is 2. The Bertz CT molecular complexity index is 1090. The van der Waals surface area contributed by atoms with Gasteiger partial charge < -0.3 is 14.5 Å². The van der Waals surface area contributed by atoms with Gasteiger partial charge in [0.25, 0.3) is 5.91 Å². The number of aromatic nitrogens is 1. The van der Waals surface area contributed by atoms with Crippen molar-refractivity contribution in [2.75, 3.05) is 53.4 Å². The standard InChI is InChI=1S/C27H30N4O2/c1-29(2)16-17-33-21-7-5-6-20(18-21)27(32)31-14-12-30(13-15-31)26-24-9-4-3-8-22(24)23-10-11-28-19-25(23)26/h3-11,18-19,26H,12-17H2,1-2H3. The second-order valence-corrected chi connectivity index (χ2v) is 8.96. The minimum atomic E-state index is 0.0709. The van der Waals surface area contributed by atoms with Crippen molar-refractivity contribution in [2.24, 2.45) is 0 Å². The summed E-state index contributed by atoms with van der Waals surface area (Å²) in [5, 5.41) is 0. The summed E-state index contributed by atoms with van der Waals surface area (Å²) in [5.41, 5.74) is 5.86. The summed E-state index contributed by atoms with van der Waals surface area (Å²) in [6, 6.07) is 18.5. The van der Waals surface area contributed by atoms with E-state index in [-0.39, 0.29) is 11.9 Å². The number of likely N-dealkylation sites (N-methyl/N-ethyl adjacent to an activating group) is 1. The Morgan fingerprint density at radius 3 is 2.61 bits per heavy atom. The molecule has 2 aliphatic rings. The van der Waals surface area contributed by atoms with Gasteiger partial charge in [-0.15, -0.1) is 0 Å². The van der Waals surface area contributed by atoms with Crippen LogP contribution >= 0.6 is 0 Å². The lowest BCUT2D eigenvalue weighted by Crippen LogP contribution is -2.49. The Kier molecular flexibility index (Phi) is 6.11. The predicted octanol–water partition coefficient (Wildman–Crippen LogP) is 3.55. The van der Waals surface area contributed by atoms with E-state index in [2.05, 4.69) is 45.1 Å². The average Bonchev–Trinajstić information content (AvgIpc) is 3.18. The Labute approximate surface area is 195 Å². The largest absolute Gasteiger partial charge is 0.492 e. The van der Waals surface area contributed by atoms with Crippen molar-refractivity contribution in [2.45, 2.75) is 6.04 Å². The highest BCUT2D eigenvalue weighted by Gasteiger charge is 2.35. The molecule has 3 aromatic rings. The average molecular weight is 443 g/mol. The zero-order valence-electron chi connectivity index (χ0n) is 19.3. The van der Waals surface area contributed by atoms with E-state index in [9.17, 15) is 4.79 Å². The Morgan fingerprint density at radius 1 is 1.00 bits per heavy atom. The summed E-state index contributed by atoms with van der Waals surface area (Å²) in [7, 11) is 4.03. The summed E-state index contributed by atoms with van der Waals surface area (Å²) >= 11 is 0. The minimum Gasteiger partial charge on any atom is -0.492 e. The molecule has 2 aromatic carbocycles. The van der Waals surface area contributed by atoms with Crippen LogP contribution in [0.2, 0.25) is 0 Å². The number of nitrogens with zero attached hydrogens (tertiary/aromatic N) is 4. The van der Waals surface area contributed by atoms with E-state index in [1.165, 1.54) is 22.3 Å². The van der Waals surface area contributed by atoms with Crippen LogP contribution in [-0.4, -0.2) is 79.0 Å². The zero-order chi connectivity index (χ0) is 22.8. The van der Waals surface area contributed by atoms with Crippen molar-refractivity contribution in [3.8, 4) is 16.9 Å². The third-order valence-corrected chi connectivity index (χ3v) is 6.55. The van der Waals surface area contributed by atoms with E-state index < -0.39 is 0 Å². The van der Waals surface area contributed by atoms with Gasteiger partial charge >= 0.3 is 0 Å². The molecule has 2 heterocycles. The van der Waals surface area contributed by atoms with Crippen molar-refractivity contribution in [1.82, 2.24) is 19.7 Å². The molecule has 1 unspecified atom stereocenters. The minimum absolute atomic E-state index is 0.0709. The highest BCUT2D eigenvalue weighted by Crippen LogP contribution is 2.45. The van der Waals surface area contributed by atoms with Crippen LogP contribution in [-0.2, 0) is 0 Å². The van der Waals surface area contributed by atoms with Crippen LogP contribution in [0.5, 0.6) is 5.75 Å². The van der Waals surface area contributed by atoms with Gasteiger partial charge in [0, 0.05) is 50.7 Å². The first-order chi connectivity index (χ1) is 16.1. The maximum absolute atomic E-state index is 13.2. The molecule has 1 aliphatic heterocycles. The molecule has 1 fully saturated rings. The van der Waals surface area contributed by atoms with Crippen molar-refractivity contribution < 1.29 is 9.53 Å². The summed E-state index contributed by atoms with van der Waals surface area (Å²) in [6.45, 7) is 4.51. The van der Waals surface area contributed by atoms with E-state index in [1.807, 2.05) is 55.7 Å². The molecule has 1 aromatic heterocycles. The molecule has 0 spiro atoms. The second kappa shape index (κ2) is 9.33. The number of carbonyl (C=O) groups excluding carboxylic acids is 1. The summed E-state index contributed by atoms with van der Waals surface area (Å²) in [4.78, 5) is 24.1. The quantitative estimate of drug-likeness (QED) is 0.584. The lowest BCUT2D eigenvalue weighted by Gasteiger charge is -2.38. The lowest BCUT2D eigenvalue weighted by molar-refractivity contribution is 0.0599. The number of carbonyl (C=O) groups is 1. The van der Waals surface area contributed by atoms with Gasteiger partial charge in [0.05, 0.1) is 6.04 Å². The molecule has 1 atom stereocenters. The van der Waals surface area contributed by atoms with Crippen molar-refractivity contribution in [3.63, 3.8) is 0 Å². The molecule has 0 radical (unpaired) electrons. The van der Waals surface area contributed by atoms with Gasteiger partial charge in [0.15, 0.2) is 0 Å². The maximum Gasteiger partial charge on any atom is 0.254 e. The molecule has 1 amide bonds. The fourth-order valence-corrected chi connectivity index (χ4v) is 4.84.